The van der Waals surface area contributed by atoms with E-state index in [2.05, 4.69) is 10.3 Å². The van der Waals surface area contributed by atoms with Crippen LogP contribution in [-0.4, -0.2) is 41.3 Å². The normalized spacial score (nSPS) is 15.2. The van der Waals surface area contributed by atoms with Gasteiger partial charge in [0, 0.05) is 38.1 Å². The van der Waals surface area contributed by atoms with Crippen LogP contribution in [0.1, 0.15) is 28.8 Å². The molecule has 1 aliphatic rings. The quantitative estimate of drug-likeness (QED) is 0.845. The lowest BCUT2D eigenvalue weighted by molar-refractivity contribution is -0.116. The first-order chi connectivity index (χ1) is 12.7. The van der Waals surface area contributed by atoms with Crippen molar-refractivity contribution in [3.63, 3.8) is 0 Å². The molecule has 1 saturated heterocycles. The van der Waals surface area contributed by atoms with Crippen molar-refractivity contribution in [1.29, 1.82) is 0 Å². The van der Waals surface area contributed by atoms with Crippen LogP contribution in [0, 0.1) is 5.92 Å². The van der Waals surface area contributed by atoms with E-state index in [1.807, 2.05) is 41.3 Å². The fourth-order valence-electron chi connectivity index (χ4n) is 3.05. The van der Waals surface area contributed by atoms with Gasteiger partial charge in [0.15, 0.2) is 0 Å². The third kappa shape index (κ3) is 5.02. The Hall–Kier alpha value is -2.95. The van der Waals surface area contributed by atoms with Crippen molar-refractivity contribution >= 4 is 17.9 Å². The second-order valence-electron chi connectivity index (χ2n) is 6.47. The highest BCUT2D eigenvalue weighted by molar-refractivity contribution is 5.94. The minimum absolute atomic E-state index is 0.0337. The van der Waals surface area contributed by atoms with Gasteiger partial charge in [-0.25, -0.2) is 0 Å². The van der Waals surface area contributed by atoms with E-state index in [0.29, 0.717) is 31.1 Å². The predicted octanol–water partition coefficient (Wildman–Crippen LogP) is 2.76. The van der Waals surface area contributed by atoms with Crippen molar-refractivity contribution in [2.24, 2.45) is 5.92 Å². The summed E-state index contributed by atoms with van der Waals surface area (Å²) in [6.07, 6.45) is 8.44. The number of pyridine rings is 1. The first-order valence-corrected chi connectivity index (χ1v) is 8.92. The molecule has 26 heavy (non-hydrogen) atoms. The molecule has 0 atom stereocenters. The minimum Gasteiger partial charge on any atom is -0.352 e. The molecule has 1 fully saturated rings. The van der Waals surface area contributed by atoms with Gasteiger partial charge in [0.2, 0.25) is 5.91 Å². The van der Waals surface area contributed by atoms with Crippen molar-refractivity contribution < 1.29 is 9.59 Å². The third-order valence-electron chi connectivity index (χ3n) is 4.60. The zero-order valence-corrected chi connectivity index (χ0v) is 14.7. The van der Waals surface area contributed by atoms with Gasteiger partial charge in [-0.2, -0.15) is 0 Å². The smallest absolute Gasteiger partial charge is 0.255 e. The predicted molar refractivity (Wildman–Crippen MR) is 101 cm³/mol. The number of hydrogen-bond acceptors (Lipinski definition) is 3. The number of rotatable bonds is 5. The van der Waals surface area contributed by atoms with Crippen LogP contribution in [-0.2, 0) is 4.79 Å². The van der Waals surface area contributed by atoms with Crippen LogP contribution >= 0.6 is 0 Å². The number of likely N-dealkylation sites (tertiary alicyclic amines) is 1. The van der Waals surface area contributed by atoms with Gasteiger partial charge in [-0.05, 0) is 42.5 Å². The second kappa shape index (κ2) is 8.94. The lowest BCUT2D eigenvalue weighted by Gasteiger charge is -2.32. The monoisotopic (exact) mass is 349 g/mol. The molecular weight excluding hydrogens is 326 g/mol. The summed E-state index contributed by atoms with van der Waals surface area (Å²) in [5, 5.41) is 2.96. The average molecular weight is 349 g/mol. The number of aromatic nitrogens is 1. The molecule has 3 rings (SSSR count). The van der Waals surface area contributed by atoms with Gasteiger partial charge in [0.1, 0.15) is 0 Å². The Morgan fingerprint density at radius 2 is 1.88 bits per heavy atom. The molecule has 2 aromatic rings. The summed E-state index contributed by atoms with van der Waals surface area (Å²) >= 11 is 0. The molecular formula is C21H23N3O2. The van der Waals surface area contributed by atoms with Crippen LogP contribution in [0.4, 0.5) is 0 Å². The highest BCUT2D eigenvalue weighted by atomic mass is 16.2. The average Bonchev–Trinajstić information content (AvgIpc) is 2.72. The van der Waals surface area contributed by atoms with E-state index in [-0.39, 0.29) is 11.8 Å². The summed E-state index contributed by atoms with van der Waals surface area (Å²) in [5.41, 5.74) is 1.63. The summed E-state index contributed by atoms with van der Waals surface area (Å²) in [7, 11) is 0. The fraction of sp³-hybridized carbons (Fsp3) is 0.286. The van der Waals surface area contributed by atoms with E-state index in [1.165, 1.54) is 0 Å². The summed E-state index contributed by atoms with van der Waals surface area (Å²) in [6.45, 7) is 2.08. The lowest BCUT2D eigenvalue weighted by Crippen LogP contribution is -2.41. The third-order valence-corrected chi connectivity index (χ3v) is 4.60. The Bertz CT molecular complexity index is 751. The molecule has 0 unspecified atom stereocenters. The first-order valence-electron chi connectivity index (χ1n) is 8.92. The number of amides is 2. The van der Waals surface area contributed by atoms with Crippen molar-refractivity contribution in [3.8, 4) is 0 Å². The SMILES string of the molecule is O=C(C=Cc1ccccc1)NCC1CCN(C(=O)c2cccnc2)CC1. The number of nitrogens with zero attached hydrogens (tertiary/aromatic N) is 2. The molecule has 1 aliphatic heterocycles. The van der Waals surface area contributed by atoms with E-state index in [0.717, 1.165) is 18.4 Å². The molecule has 2 amide bonds. The summed E-state index contributed by atoms with van der Waals surface area (Å²) in [5.74, 6) is 0.358. The molecule has 1 aromatic heterocycles. The molecule has 1 aromatic carbocycles. The minimum atomic E-state index is -0.0808. The van der Waals surface area contributed by atoms with Gasteiger partial charge < -0.3 is 10.2 Å². The standard InChI is InChI=1S/C21H23N3O2/c25-20(9-8-17-5-2-1-3-6-17)23-15-18-10-13-24(14-11-18)21(26)19-7-4-12-22-16-19/h1-9,12,16,18H,10-11,13-15H2,(H,23,25). The molecule has 0 aliphatic carbocycles. The molecule has 5 nitrogen and oxygen atoms in total. The van der Waals surface area contributed by atoms with Gasteiger partial charge in [-0.3, -0.25) is 14.6 Å². The number of piperidine rings is 1. The Morgan fingerprint density at radius 3 is 2.58 bits per heavy atom. The topological polar surface area (TPSA) is 62.3 Å². The maximum atomic E-state index is 12.4. The summed E-state index contributed by atoms with van der Waals surface area (Å²) in [4.78, 5) is 30.2. The Morgan fingerprint density at radius 1 is 1.12 bits per heavy atom. The summed E-state index contributed by atoms with van der Waals surface area (Å²) in [6, 6.07) is 13.3. The Labute approximate surface area is 153 Å². The maximum absolute atomic E-state index is 12.4. The van der Waals surface area contributed by atoms with Gasteiger partial charge >= 0.3 is 0 Å². The van der Waals surface area contributed by atoms with Crippen LogP contribution in [0.5, 0.6) is 0 Å². The van der Waals surface area contributed by atoms with E-state index in [4.69, 9.17) is 0 Å². The second-order valence-corrected chi connectivity index (χ2v) is 6.47. The molecule has 134 valence electrons. The highest BCUT2D eigenvalue weighted by Gasteiger charge is 2.23. The van der Waals surface area contributed by atoms with Gasteiger partial charge in [-0.15, -0.1) is 0 Å². The fourth-order valence-corrected chi connectivity index (χ4v) is 3.05. The molecule has 0 bridgehead atoms. The Balaban J connectivity index is 1.41. The summed E-state index contributed by atoms with van der Waals surface area (Å²) < 4.78 is 0. The molecule has 1 N–H and O–H groups in total. The van der Waals surface area contributed by atoms with Crippen molar-refractivity contribution in [2.45, 2.75) is 12.8 Å². The van der Waals surface area contributed by atoms with Crippen LogP contribution in [0.25, 0.3) is 6.08 Å². The molecule has 5 heteroatoms. The van der Waals surface area contributed by atoms with E-state index in [1.54, 1.807) is 30.6 Å². The maximum Gasteiger partial charge on any atom is 0.255 e. The zero-order chi connectivity index (χ0) is 18.2. The molecule has 2 heterocycles. The number of benzene rings is 1. The van der Waals surface area contributed by atoms with Gasteiger partial charge in [-0.1, -0.05) is 30.3 Å². The van der Waals surface area contributed by atoms with Crippen LogP contribution in [0.3, 0.4) is 0 Å². The van der Waals surface area contributed by atoms with Gasteiger partial charge in [0.05, 0.1) is 5.56 Å². The number of nitrogens with one attached hydrogen (secondary N) is 1. The van der Waals surface area contributed by atoms with Crippen LogP contribution in [0.15, 0.2) is 60.9 Å². The molecule has 0 radical (unpaired) electrons. The van der Waals surface area contributed by atoms with Gasteiger partial charge in [0.25, 0.3) is 5.91 Å². The van der Waals surface area contributed by atoms with Crippen LogP contribution in [0.2, 0.25) is 0 Å². The highest BCUT2D eigenvalue weighted by Crippen LogP contribution is 2.18. The van der Waals surface area contributed by atoms with Crippen molar-refractivity contribution in [1.82, 2.24) is 15.2 Å². The number of carbonyl (C=O) groups is 2. The van der Waals surface area contributed by atoms with Crippen molar-refractivity contribution in [2.75, 3.05) is 19.6 Å². The molecule has 0 spiro atoms. The largest absolute Gasteiger partial charge is 0.352 e. The zero-order valence-electron chi connectivity index (χ0n) is 14.7. The molecule has 0 saturated carbocycles. The lowest BCUT2D eigenvalue weighted by atomic mass is 9.96. The van der Waals surface area contributed by atoms with E-state index < -0.39 is 0 Å². The number of carbonyl (C=O) groups excluding carboxylic acids is 2. The first kappa shape index (κ1) is 17.9. The van der Waals surface area contributed by atoms with Crippen LogP contribution < -0.4 is 5.32 Å². The number of hydrogen-bond donors (Lipinski definition) is 1. The van der Waals surface area contributed by atoms with Crippen molar-refractivity contribution in [3.05, 3.63) is 72.1 Å². The van der Waals surface area contributed by atoms with E-state index >= 15 is 0 Å². The van der Waals surface area contributed by atoms with E-state index in [9.17, 15) is 9.59 Å². The Kier molecular flexibility index (Phi) is 6.14.